The lowest BCUT2D eigenvalue weighted by Crippen LogP contribution is -2.31. The standard InChI is InChI=1S/C25H31ClN4O/c1-18-23(19(2)30(28-18)22-8-6-5-7-9-22)14-15-25(31)27-24(16-17-29(3)4)20-10-12-21(26)13-11-20/h5-13,24H,14-17H2,1-4H3,(H,27,31). The highest BCUT2D eigenvalue weighted by atomic mass is 35.5. The van der Waals surface area contributed by atoms with Crippen LogP contribution in [0.2, 0.25) is 5.02 Å². The number of carbonyl (C=O) groups excluding carboxylic acids is 1. The molecule has 0 radical (unpaired) electrons. The molecule has 0 aliphatic heterocycles. The van der Waals surface area contributed by atoms with Crippen LogP contribution < -0.4 is 5.32 Å². The molecule has 0 fully saturated rings. The zero-order valence-electron chi connectivity index (χ0n) is 18.7. The molecule has 1 heterocycles. The van der Waals surface area contributed by atoms with Gasteiger partial charge in [0.2, 0.25) is 5.91 Å². The van der Waals surface area contributed by atoms with Crippen LogP contribution in [0, 0.1) is 13.8 Å². The predicted molar refractivity (Wildman–Crippen MR) is 127 cm³/mol. The first-order valence-corrected chi connectivity index (χ1v) is 11.0. The van der Waals surface area contributed by atoms with Crippen molar-refractivity contribution in [2.24, 2.45) is 0 Å². The van der Waals surface area contributed by atoms with Crippen molar-refractivity contribution in [3.8, 4) is 5.69 Å². The molecule has 0 aliphatic rings. The lowest BCUT2D eigenvalue weighted by molar-refractivity contribution is -0.121. The second-order valence-electron chi connectivity index (χ2n) is 8.16. The quantitative estimate of drug-likeness (QED) is 0.517. The number of amides is 1. The van der Waals surface area contributed by atoms with Crippen molar-refractivity contribution in [3.05, 3.63) is 82.1 Å². The third-order valence-electron chi connectivity index (χ3n) is 5.52. The maximum atomic E-state index is 12.8. The second-order valence-corrected chi connectivity index (χ2v) is 8.60. The summed E-state index contributed by atoms with van der Waals surface area (Å²) < 4.78 is 1.95. The summed E-state index contributed by atoms with van der Waals surface area (Å²) in [6.07, 6.45) is 1.93. The Morgan fingerprint density at radius 2 is 1.77 bits per heavy atom. The smallest absolute Gasteiger partial charge is 0.220 e. The fourth-order valence-electron chi connectivity index (χ4n) is 3.77. The highest BCUT2D eigenvalue weighted by Gasteiger charge is 2.18. The molecule has 0 bridgehead atoms. The van der Waals surface area contributed by atoms with Crippen molar-refractivity contribution in [3.63, 3.8) is 0 Å². The van der Waals surface area contributed by atoms with E-state index in [9.17, 15) is 4.79 Å². The van der Waals surface area contributed by atoms with E-state index in [0.29, 0.717) is 17.9 Å². The summed E-state index contributed by atoms with van der Waals surface area (Å²) in [6.45, 7) is 4.96. The van der Waals surface area contributed by atoms with Gasteiger partial charge in [-0.15, -0.1) is 0 Å². The van der Waals surface area contributed by atoms with Crippen molar-refractivity contribution in [1.82, 2.24) is 20.0 Å². The van der Waals surface area contributed by atoms with Gasteiger partial charge in [0.05, 0.1) is 17.4 Å². The van der Waals surface area contributed by atoms with Crippen LogP contribution in [0.5, 0.6) is 0 Å². The van der Waals surface area contributed by atoms with Crippen molar-refractivity contribution in [2.75, 3.05) is 20.6 Å². The number of para-hydroxylation sites is 1. The van der Waals surface area contributed by atoms with Crippen LogP contribution >= 0.6 is 11.6 Å². The van der Waals surface area contributed by atoms with E-state index in [2.05, 4.69) is 17.1 Å². The van der Waals surface area contributed by atoms with Gasteiger partial charge in [-0.25, -0.2) is 4.68 Å². The molecule has 1 atom stereocenters. The van der Waals surface area contributed by atoms with Crippen LogP contribution in [0.15, 0.2) is 54.6 Å². The molecule has 0 aliphatic carbocycles. The lowest BCUT2D eigenvalue weighted by atomic mass is 10.0. The normalized spacial score (nSPS) is 12.2. The maximum Gasteiger partial charge on any atom is 0.220 e. The van der Waals surface area contributed by atoms with Crippen LogP contribution in [-0.4, -0.2) is 41.2 Å². The zero-order chi connectivity index (χ0) is 22.4. The molecule has 164 valence electrons. The van der Waals surface area contributed by atoms with Gasteiger partial charge in [0.15, 0.2) is 0 Å². The summed E-state index contributed by atoms with van der Waals surface area (Å²) in [5.41, 5.74) is 5.29. The molecule has 2 aromatic carbocycles. The van der Waals surface area contributed by atoms with Crippen LogP contribution in [0.1, 0.15) is 41.4 Å². The molecule has 1 amide bonds. The largest absolute Gasteiger partial charge is 0.349 e. The topological polar surface area (TPSA) is 50.2 Å². The Labute approximate surface area is 190 Å². The van der Waals surface area contributed by atoms with E-state index in [4.69, 9.17) is 16.7 Å². The minimum absolute atomic E-state index is 0.0404. The Morgan fingerprint density at radius 3 is 2.42 bits per heavy atom. The van der Waals surface area contributed by atoms with Gasteiger partial charge in [-0.3, -0.25) is 4.79 Å². The first kappa shape index (κ1) is 23.0. The Hall–Kier alpha value is -2.63. The van der Waals surface area contributed by atoms with Gasteiger partial charge >= 0.3 is 0 Å². The first-order valence-electron chi connectivity index (χ1n) is 10.6. The number of hydrogen-bond donors (Lipinski definition) is 1. The van der Waals surface area contributed by atoms with Gasteiger partial charge in [-0.1, -0.05) is 41.9 Å². The molecule has 0 saturated carbocycles. The molecule has 5 nitrogen and oxygen atoms in total. The Kier molecular flexibility index (Phi) is 7.88. The van der Waals surface area contributed by atoms with Gasteiger partial charge in [-0.05, 0) is 82.7 Å². The third-order valence-corrected chi connectivity index (χ3v) is 5.77. The second kappa shape index (κ2) is 10.6. The number of hydrogen-bond acceptors (Lipinski definition) is 3. The Bertz CT molecular complexity index is 996. The van der Waals surface area contributed by atoms with Crippen molar-refractivity contribution < 1.29 is 4.79 Å². The number of carbonyl (C=O) groups is 1. The van der Waals surface area contributed by atoms with Crippen LogP contribution in [0.3, 0.4) is 0 Å². The molecule has 0 saturated heterocycles. The number of nitrogens with zero attached hydrogens (tertiary/aromatic N) is 3. The summed E-state index contributed by atoms with van der Waals surface area (Å²) in [5, 5.41) is 8.61. The van der Waals surface area contributed by atoms with E-state index in [0.717, 1.165) is 41.2 Å². The molecule has 3 aromatic rings. The minimum Gasteiger partial charge on any atom is -0.349 e. The van der Waals surface area contributed by atoms with E-state index < -0.39 is 0 Å². The summed E-state index contributed by atoms with van der Waals surface area (Å²) in [5.74, 6) is 0.0463. The molecular formula is C25H31ClN4O. The fourth-order valence-corrected chi connectivity index (χ4v) is 3.89. The molecular weight excluding hydrogens is 408 g/mol. The van der Waals surface area contributed by atoms with Gasteiger partial charge in [0, 0.05) is 17.1 Å². The van der Waals surface area contributed by atoms with E-state index >= 15 is 0 Å². The molecule has 1 N–H and O–H groups in total. The van der Waals surface area contributed by atoms with Gasteiger partial charge < -0.3 is 10.2 Å². The SMILES string of the molecule is Cc1nn(-c2ccccc2)c(C)c1CCC(=O)NC(CCN(C)C)c1ccc(Cl)cc1. The zero-order valence-corrected chi connectivity index (χ0v) is 19.5. The lowest BCUT2D eigenvalue weighted by Gasteiger charge is -2.21. The van der Waals surface area contributed by atoms with E-state index in [1.807, 2.05) is 80.3 Å². The fraction of sp³-hybridized carbons (Fsp3) is 0.360. The molecule has 1 aromatic heterocycles. The average Bonchev–Trinajstić information content (AvgIpc) is 3.04. The monoisotopic (exact) mass is 438 g/mol. The predicted octanol–water partition coefficient (Wildman–Crippen LogP) is 4.88. The Balaban J connectivity index is 1.67. The number of aryl methyl sites for hydroxylation is 1. The molecule has 1 unspecified atom stereocenters. The van der Waals surface area contributed by atoms with Crippen LogP contribution in [0.4, 0.5) is 0 Å². The molecule has 0 spiro atoms. The minimum atomic E-state index is -0.0404. The Morgan fingerprint density at radius 1 is 1.10 bits per heavy atom. The van der Waals surface area contributed by atoms with Gasteiger partial charge in [0.1, 0.15) is 0 Å². The number of rotatable bonds is 9. The van der Waals surface area contributed by atoms with E-state index in [1.165, 1.54) is 0 Å². The molecule has 6 heteroatoms. The van der Waals surface area contributed by atoms with Gasteiger partial charge in [-0.2, -0.15) is 5.10 Å². The molecule has 3 rings (SSSR count). The van der Waals surface area contributed by atoms with Crippen LogP contribution in [0.25, 0.3) is 5.69 Å². The van der Waals surface area contributed by atoms with Crippen molar-refractivity contribution in [2.45, 2.75) is 39.2 Å². The number of aromatic nitrogens is 2. The summed E-state index contributed by atoms with van der Waals surface area (Å²) >= 11 is 6.04. The highest BCUT2D eigenvalue weighted by molar-refractivity contribution is 6.30. The average molecular weight is 439 g/mol. The maximum absolute atomic E-state index is 12.8. The first-order chi connectivity index (χ1) is 14.8. The van der Waals surface area contributed by atoms with Crippen LogP contribution in [-0.2, 0) is 11.2 Å². The van der Waals surface area contributed by atoms with Crippen molar-refractivity contribution >= 4 is 17.5 Å². The van der Waals surface area contributed by atoms with E-state index in [-0.39, 0.29) is 11.9 Å². The number of benzene rings is 2. The van der Waals surface area contributed by atoms with Crippen molar-refractivity contribution in [1.29, 1.82) is 0 Å². The molecule has 31 heavy (non-hydrogen) atoms. The number of nitrogens with one attached hydrogen (secondary N) is 1. The third kappa shape index (κ3) is 6.18. The number of halogens is 1. The summed E-state index contributed by atoms with van der Waals surface area (Å²) in [7, 11) is 4.08. The summed E-state index contributed by atoms with van der Waals surface area (Å²) in [4.78, 5) is 15.0. The van der Waals surface area contributed by atoms with E-state index in [1.54, 1.807) is 0 Å². The van der Waals surface area contributed by atoms with Gasteiger partial charge in [0.25, 0.3) is 0 Å². The highest BCUT2D eigenvalue weighted by Crippen LogP contribution is 2.22. The summed E-state index contributed by atoms with van der Waals surface area (Å²) in [6, 6.07) is 17.8.